The molecule has 0 N–H and O–H groups in total. The Balaban J connectivity index is 1.92. The smallest absolute Gasteiger partial charge is 0.274 e. The van der Waals surface area contributed by atoms with E-state index in [1.165, 1.54) is 37.8 Å². The van der Waals surface area contributed by atoms with Crippen molar-refractivity contribution in [2.24, 2.45) is 5.92 Å². The first-order chi connectivity index (χ1) is 9.65. The maximum absolute atomic E-state index is 13.6. The third kappa shape index (κ3) is 2.49. The lowest BCUT2D eigenvalue weighted by Crippen LogP contribution is -2.46. The van der Waals surface area contributed by atoms with Crippen LogP contribution in [-0.2, 0) is 0 Å². The molecule has 0 spiro atoms. The highest BCUT2D eigenvalue weighted by Gasteiger charge is 2.33. The third-order valence-corrected chi connectivity index (χ3v) is 4.65. The molecule has 0 amide bonds. The van der Waals surface area contributed by atoms with Gasteiger partial charge in [0.1, 0.15) is 5.82 Å². The minimum atomic E-state index is -0.521. The lowest BCUT2D eigenvalue weighted by molar-refractivity contribution is -0.385. The van der Waals surface area contributed by atoms with Crippen LogP contribution in [0.4, 0.5) is 15.8 Å². The number of fused-ring (bicyclic) bond motifs is 1. The normalized spacial score (nSPS) is 26.1. The monoisotopic (exact) mass is 278 g/mol. The zero-order valence-corrected chi connectivity index (χ0v) is 11.4. The van der Waals surface area contributed by atoms with Crippen molar-refractivity contribution in [3.8, 4) is 0 Å². The molecule has 0 bridgehead atoms. The van der Waals surface area contributed by atoms with E-state index in [4.69, 9.17) is 0 Å². The molecule has 5 heteroatoms. The first kappa shape index (κ1) is 13.3. The largest absolute Gasteiger partial charge is 0.368 e. The Bertz CT molecular complexity index is 519. The fourth-order valence-corrected chi connectivity index (χ4v) is 3.78. The SMILES string of the molecule is O=[N+]([O-])c1cc(F)cc(N2CCCC3CCCCC32)c1. The number of halogens is 1. The zero-order chi connectivity index (χ0) is 14.1. The lowest BCUT2D eigenvalue weighted by atomic mass is 9.78. The van der Waals surface area contributed by atoms with Crippen LogP contribution in [0.25, 0.3) is 0 Å². The van der Waals surface area contributed by atoms with Crippen LogP contribution in [0.2, 0.25) is 0 Å². The Labute approximate surface area is 117 Å². The van der Waals surface area contributed by atoms with E-state index in [9.17, 15) is 14.5 Å². The minimum absolute atomic E-state index is 0.155. The van der Waals surface area contributed by atoms with Crippen molar-refractivity contribution in [2.45, 2.75) is 44.6 Å². The van der Waals surface area contributed by atoms with Gasteiger partial charge in [0.2, 0.25) is 0 Å². The third-order valence-electron chi connectivity index (χ3n) is 4.65. The summed E-state index contributed by atoms with van der Waals surface area (Å²) in [5.41, 5.74) is 0.520. The Kier molecular flexibility index (Phi) is 3.59. The van der Waals surface area contributed by atoms with Gasteiger partial charge in [-0.3, -0.25) is 10.1 Å². The van der Waals surface area contributed by atoms with Crippen molar-refractivity contribution < 1.29 is 9.31 Å². The summed E-state index contributed by atoms with van der Waals surface area (Å²) in [5, 5.41) is 10.9. The summed E-state index contributed by atoms with van der Waals surface area (Å²) in [5.74, 6) is 0.145. The van der Waals surface area contributed by atoms with E-state index in [1.807, 2.05) is 0 Å². The number of nitro groups is 1. The van der Waals surface area contributed by atoms with E-state index < -0.39 is 10.7 Å². The maximum atomic E-state index is 13.6. The second kappa shape index (κ2) is 5.38. The van der Waals surface area contributed by atoms with E-state index in [2.05, 4.69) is 4.90 Å². The van der Waals surface area contributed by atoms with E-state index >= 15 is 0 Å². The van der Waals surface area contributed by atoms with Crippen LogP contribution in [0.1, 0.15) is 38.5 Å². The van der Waals surface area contributed by atoms with E-state index in [1.54, 1.807) is 0 Å². The summed E-state index contributed by atoms with van der Waals surface area (Å²) in [6, 6.07) is 4.37. The molecule has 1 aliphatic carbocycles. The Morgan fingerprint density at radius 1 is 1.15 bits per heavy atom. The van der Waals surface area contributed by atoms with Gasteiger partial charge in [0, 0.05) is 24.3 Å². The predicted octanol–water partition coefficient (Wildman–Crippen LogP) is 3.89. The summed E-state index contributed by atoms with van der Waals surface area (Å²) in [6.45, 7) is 0.877. The number of benzene rings is 1. The molecule has 1 saturated carbocycles. The Morgan fingerprint density at radius 3 is 2.70 bits per heavy atom. The average Bonchev–Trinajstić information content (AvgIpc) is 2.46. The molecular weight excluding hydrogens is 259 g/mol. The van der Waals surface area contributed by atoms with Crippen molar-refractivity contribution >= 4 is 11.4 Å². The van der Waals surface area contributed by atoms with Crippen LogP contribution >= 0.6 is 0 Å². The number of hydrogen-bond acceptors (Lipinski definition) is 3. The molecule has 108 valence electrons. The number of nitro benzene ring substituents is 1. The lowest BCUT2D eigenvalue weighted by Gasteiger charge is -2.45. The molecule has 2 atom stereocenters. The molecule has 2 fully saturated rings. The summed E-state index contributed by atoms with van der Waals surface area (Å²) in [7, 11) is 0. The number of nitrogens with zero attached hydrogens (tertiary/aromatic N) is 2. The van der Waals surface area contributed by atoms with Gasteiger partial charge in [-0.2, -0.15) is 0 Å². The van der Waals surface area contributed by atoms with Gasteiger partial charge in [-0.1, -0.05) is 12.8 Å². The molecule has 2 aliphatic rings. The van der Waals surface area contributed by atoms with Crippen molar-refractivity contribution in [1.82, 2.24) is 0 Å². The predicted molar refractivity (Wildman–Crippen MR) is 75.4 cm³/mol. The molecule has 1 aromatic rings. The highest BCUT2D eigenvalue weighted by Crippen LogP contribution is 2.38. The van der Waals surface area contributed by atoms with Gasteiger partial charge >= 0.3 is 0 Å². The molecule has 1 aromatic carbocycles. The first-order valence-corrected chi connectivity index (χ1v) is 7.37. The minimum Gasteiger partial charge on any atom is -0.368 e. The summed E-state index contributed by atoms with van der Waals surface area (Å²) in [6.07, 6.45) is 7.16. The number of non-ortho nitro benzene ring substituents is 1. The van der Waals surface area contributed by atoms with E-state index in [0.717, 1.165) is 25.5 Å². The molecule has 1 heterocycles. The number of rotatable bonds is 2. The fraction of sp³-hybridized carbons (Fsp3) is 0.600. The van der Waals surface area contributed by atoms with Gasteiger partial charge in [0.25, 0.3) is 5.69 Å². The first-order valence-electron chi connectivity index (χ1n) is 7.37. The van der Waals surface area contributed by atoms with E-state index in [-0.39, 0.29) is 5.69 Å². The summed E-state index contributed by atoms with van der Waals surface area (Å²) < 4.78 is 13.6. The zero-order valence-electron chi connectivity index (χ0n) is 11.4. The molecule has 2 unspecified atom stereocenters. The molecule has 3 rings (SSSR count). The van der Waals surface area contributed by atoms with Crippen LogP contribution in [0, 0.1) is 21.8 Å². The Hall–Kier alpha value is -1.65. The second-order valence-corrected chi connectivity index (χ2v) is 5.87. The van der Waals surface area contributed by atoms with Crippen molar-refractivity contribution in [3.63, 3.8) is 0 Å². The van der Waals surface area contributed by atoms with Crippen molar-refractivity contribution in [1.29, 1.82) is 0 Å². The highest BCUT2D eigenvalue weighted by molar-refractivity contribution is 5.55. The number of hydrogen-bond donors (Lipinski definition) is 0. The summed E-state index contributed by atoms with van der Waals surface area (Å²) >= 11 is 0. The fourth-order valence-electron chi connectivity index (χ4n) is 3.78. The molecule has 20 heavy (non-hydrogen) atoms. The standard InChI is InChI=1S/C15H19FN2O2/c16-12-8-13(10-14(9-12)18(19)20)17-7-3-5-11-4-1-2-6-15(11)17/h8-11,15H,1-7H2. The van der Waals surface area contributed by atoms with Crippen LogP contribution in [0.5, 0.6) is 0 Å². The maximum Gasteiger partial charge on any atom is 0.274 e. The summed E-state index contributed by atoms with van der Waals surface area (Å²) in [4.78, 5) is 12.6. The average molecular weight is 278 g/mol. The van der Waals surface area contributed by atoms with Gasteiger partial charge in [-0.05, 0) is 37.7 Å². The van der Waals surface area contributed by atoms with Gasteiger partial charge in [-0.15, -0.1) is 0 Å². The van der Waals surface area contributed by atoms with Crippen LogP contribution in [0.15, 0.2) is 18.2 Å². The molecule has 0 aromatic heterocycles. The molecule has 1 aliphatic heterocycles. The van der Waals surface area contributed by atoms with Crippen LogP contribution < -0.4 is 4.90 Å². The van der Waals surface area contributed by atoms with Crippen LogP contribution in [0.3, 0.4) is 0 Å². The van der Waals surface area contributed by atoms with Gasteiger partial charge in [0.15, 0.2) is 0 Å². The van der Waals surface area contributed by atoms with Gasteiger partial charge in [0.05, 0.1) is 11.0 Å². The number of piperidine rings is 1. The van der Waals surface area contributed by atoms with E-state index in [0.29, 0.717) is 17.6 Å². The topological polar surface area (TPSA) is 46.4 Å². The molecule has 1 saturated heterocycles. The highest BCUT2D eigenvalue weighted by atomic mass is 19.1. The molecule has 4 nitrogen and oxygen atoms in total. The second-order valence-electron chi connectivity index (χ2n) is 5.87. The molecule has 0 radical (unpaired) electrons. The quantitative estimate of drug-likeness (QED) is 0.609. The van der Waals surface area contributed by atoms with Gasteiger partial charge < -0.3 is 4.90 Å². The van der Waals surface area contributed by atoms with Gasteiger partial charge in [-0.25, -0.2) is 4.39 Å². The van der Waals surface area contributed by atoms with Crippen molar-refractivity contribution in [3.05, 3.63) is 34.1 Å². The van der Waals surface area contributed by atoms with Crippen molar-refractivity contribution in [2.75, 3.05) is 11.4 Å². The molecular formula is C15H19FN2O2. The number of anilines is 1. The Morgan fingerprint density at radius 2 is 1.90 bits per heavy atom. The van der Waals surface area contributed by atoms with Crippen LogP contribution in [-0.4, -0.2) is 17.5 Å².